The lowest BCUT2D eigenvalue weighted by atomic mass is 10.1. The number of hydrogen-bond donors (Lipinski definition) is 1. The summed E-state index contributed by atoms with van der Waals surface area (Å²) in [6.45, 7) is 6.46. The van der Waals surface area contributed by atoms with Gasteiger partial charge in [-0.2, -0.15) is 0 Å². The second-order valence-electron chi connectivity index (χ2n) is 8.97. The number of carbonyl (C=O) groups excluding carboxylic acids is 2. The fourth-order valence-corrected chi connectivity index (χ4v) is 4.05. The molecule has 1 atom stereocenters. The molecular formula is C23H30N4O6S. The molecule has 2 amide bonds. The molecule has 1 unspecified atom stereocenters. The molecule has 0 aliphatic heterocycles. The molecule has 184 valence electrons. The minimum absolute atomic E-state index is 0.0171. The van der Waals surface area contributed by atoms with Crippen molar-refractivity contribution in [2.24, 2.45) is 0 Å². The molecule has 10 nitrogen and oxygen atoms in total. The number of sulfonamides is 1. The maximum atomic E-state index is 13.4. The standard InChI is InChI=1S/C23H30N4O6S/c1-17(22(29)24-23(2,3)4)25(15-18-10-7-6-8-11-18)21(28)16-26(34(5,32)33)19-12-9-13-20(14-19)27(30)31/h6-14,17H,15-16H2,1-5H3,(H,24,29). The van der Waals surface area contributed by atoms with Gasteiger partial charge in [0, 0.05) is 24.2 Å². The van der Waals surface area contributed by atoms with Crippen LogP contribution in [0.5, 0.6) is 0 Å². The Kier molecular flexibility index (Phi) is 8.38. The van der Waals surface area contributed by atoms with E-state index in [2.05, 4.69) is 5.32 Å². The zero-order valence-corrected chi connectivity index (χ0v) is 20.7. The molecule has 0 heterocycles. The van der Waals surface area contributed by atoms with Crippen molar-refractivity contribution in [3.8, 4) is 0 Å². The first kappa shape index (κ1) is 26.8. The Balaban J connectivity index is 2.42. The zero-order chi connectivity index (χ0) is 25.7. The van der Waals surface area contributed by atoms with Crippen LogP contribution in [0.15, 0.2) is 54.6 Å². The SMILES string of the molecule is CC(C(=O)NC(C)(C)C)N(Cc1ccccc1)C(=O)CN(c1cccc([N+](=O)[O-])c1)S(C)(=O)=O. The molecule has 11 heteroatoms. The second kappa shape index (κ2) is 10.6. The Bertz CT molecular complexity index is 1150. The van der Waals surface area contributed by atoms with Crippen molar-refractivity contribution >= 4 is 33.2 Å². The molecule has 2 rings (SSSR count). The van der Waals surface area contributed by atoms with Gasteiger partial charge in [0.25, 0.3) is 5.69 Å². The molecule has 2 aromatic carbocycles. The van der Waals surface area contributed by atoms with E-state index in [1.807, 2.05) is 26.8 Å². The Labute approximate surface area is 199 Å². The van der Waals surface area contributed by atoms with E-state index in [-0.39, 0.29) is 17.9 Å². The van der Waals surface area contributed by atoms with E-state index in [1.54, 1.807) is 31.2 Å². The Morgan fingerprint density at radius 2 is 1.71 bits per heavy atom. The van der Waals surface area contributed by atoms with Crippen molar-refractivity contribution in [1.82, 2.24) is 10.2 Å². The van der Waals surface area contributed by atoms with Crippen LogP contribution in [-0.4, -0.2) is 54.4 Å². The fraction of sp³-hybridized carbons (Fsp3) is 0.391. The predicted molar refractivity (Wildman–Crippen MR) is 130 cm³/mol. The number of non-ortho nitro benzene ring substituents is 1. The van der Waals surface area contributed by atoms with Crippen LogP contribution in [-0.2, 0) is 26.2 Å². The molecule has 0 fully saturated rings. The lowest BCUT2D eigenvalue weighted by molar-refractivity contribution is -0.384. The van der Waals surface area contributed by atoms with Crippen molar-refractivity contribution in [2.45, 2.75) is 45.8 Å². The summed E-state index contributed by atoms with van der Waals surface area (Å²) in [6, 6.07) is 13.1. The average molecular weight is 491 g/mol. The van der Waals surface area contributed by atoms with E-state index < -0.39 is 44.9 Å². The third kappa shape index (κ3) is 7.55. The molecule has 0 bridgehead atoms. The summed E-state index contributed by atoms with van der Waals surface area (Å²) < 4.78 is 25.9. The van der Waals surface area contributed by atoms with Gasteiger partial charge in [-0.3, -0.25) is 24.0 Å². The first-order chi connectivity index (χ1) is 15.7. The van der Waals surface area contributed by atoms with Gasteiger partial charge in [-0.15, -0.1) is 0 Å². The minimum atomic E-state index is -3.97. The van der Waals surface area contributed by atoms with E-state index in [0.29, 0.717) is 0 Å². The second-order valence-corrected chi connectivity index (χ2v) is 10.9. The first-order valence-electron chi connectivity index (χ1n) is 10.6. The van der Waals surface area contributed by atoms with Crippen LogP contribution in [0, 0.1) is 10.1 Å². The number of nitrogens with one attached hydrogen (secondary N) is 1. The number of amides is 2. The van der Waals surface area contributed by atoms with Crippen LogP contribution in [0.25, 0.3) is 0 Å². The number of rotatable bonds is 9. The van der Waals surface area contributed by atoms with Gasteiger partial charge in [0.05, 0.1) is 16.9 Å². The lowest BCUT2D eigenvalue weighted by Gasteiger charge is -2.33. The molecule has 0 aromatic heterocycles. The average Bonchev–Trinajstić information content (AvgIpc) is 2.74. The van der Waals surface area contributed by atoms with E-state index >= 15 is 0 Å². The highest BCUT2D eigenvalue weighted by molar-refractivity contribution is 7.92. The van der Waals surface area contributed by atoms with Gasteiger partial charge in [-0.25, -0.2) is 8.42 Å². The first-order valence-corrected chi connectivity index (χ1v) is 12.4. The third-order valence-electron chi connectivity index (χ3n) is 4.87. The number of benzene rings is 2. The van der Waals surface area contributed by atoms with Gasteiger partial charge < -0.3 is 10.2 Å². The number of nitro groups is 1. The van der Waals surface area contributed by atoms with Crippen LogP contribution in [0.2, 0.25) is 0 Å². The number of hydrogen-bond acceptors (Lipinski definition) is 6. The van der Waals surface area contributed by atoms with Crippen molar-refractivity contribution in [3.05, 3.63) is 70.3 Å². The molecule has 0 spiro atoms. The van der Waals surface area contributed by atoms with Crippen molar-refractivity contribution in [1.29, 1.82) is 0 Å². The Morgan fingerprint density at radius 3 is 2.24 bits per heavy atom. The van der Waals surface area contributed by atoms with Crippen molar-refractivity contribution in [2.75, 3.05) is 17.1 Å². The summed E-state index contributed by atoms with van der Waals surface area (Å²) in [4.78, 5) is 38.1. The van der Waals surface area contributed by atoms with E-state index in [9.17, 15) is 28.1 Å². The summed E-state index contributed by atoms with van der Waals surface area (Å²) in [6.07, 6.45) is 0.913. The number of nitro benzene ring substituents is 1. The quantitative estimate of drug-likeness (QED) is 0.425. The highest BCUT2D eigenvalue weighted by atomic mass is 32.2. The van der Waals surface area contributed by atoms with E-state index in [1.165, 1.54) is 23.1 Å². The third-order valence-corrected chi connectivity index (χ3v) is 6.01. The van der Waals surface area contributed by atoms with Crippen LogP contribution >= 0.6 is 0 Å². The highest BCUT2D eigenvalue weighted by Crippen LogP contribution is 2.24. The summed E-state index contributed by atoms with van der Waals surface area (Å²) >= 11 is 0. The Hall–Kier alpha value is -3.47. The fourth-order valence-electron chi connectivity index (χ4n) is 3.21. The van der Waals surface area contributed by atoms with Gasteiger partial charge in [0.2, 0.25) is 21.8 Å². The van der Waals surface area contributed by atoms with Crippen LogP contribution in [0.4, 0.5) is 11.4 Å². The predicted octanol–water partition coefficient (Wildman–Crippen LogP) is 2.69. The van der Waals surface area contributed by atoms with Crippen molar-refractivity contribution in [3.63, 3.8) is 0 Å². The number of carbonyl (C=O) groups is 2. The smallest absolute Gasteiger partial charge is 0.271 e. The van der Waals surface area contributed by atoms with Crippen LogP contribution in [0.3, 0.4) is 0 Å². The number of anilines is 1. The van der Waals surface area contributed by atoms with Crippen LogP contribution < -0.4 is 9.62 Å². The number of nitrogens with zero attached hydrogens (tertiary/aromatic N) is 3. The normalized spacial score (nSPS) is 12.5. The van der Waals surface area contributed by atoms with Crippen molar-refractivity contribution < 1.29 is 22.9 Å². The molecule has 1 N–H and O–H groups in total. The zero-order valence-electron chi connectivity index (χ0n) is 19.9. The van der Waals surface area contributed by atoms with Crippen LogP contribution in [0.1, 0.15) is 33.3 Å². The van der Waals surface area contributed by atoms with E-state index in [4.69, 9.17) is 0 Å². The molecule has 0 aliphatic carbocycles. The molecule has 0 saturated heterocycles. The highest BCUT2D eigenvalue weighted by Gasteiger charge is 2.31. The van der Waals surface area contributed by atoms with Gasteiger partial charge in [0.1, 0.15) is 12.6 Å². The van der Waals surface area contributed by atoms with Gasteiger partial charge in [-0.05, 0) is 39.3 Å². The maximum absolute atomic E-state index is 13.4. The van der Waals surface area contributed by atoms with E-state index in [0.717, 1.165) is 22.2 Å². The monoisotopic (exact) mass is 490 g/mol. The topological polar surface area (TPSA) is 130 Å². The molecule has 2 aromatic rings. The minimum Gasteiger partial charge on any atom is -0.350 e. The van der Waals surface area contributed by atoms with Gasteiger partial charge in [-0.1, -0.05) is 36.4 Å². The molecule has 0 aliphatic rings. The lowest BCUT2D eigenvalue weighted by Crippen LogP contribution is -2.54. The summed E-state index contributed by atoms with van der Waals surface area (Å²) in [5, 5.41) is 14.0. The summed E-state index contributed by atoms with van der Waals surface area (Å²) in [5.74, 6) is -1.02. The van der Waals surface area contributed by atoms with Gasteiger partial charge >= 0.3 is 0 Å². The summed E-state index contributed by atoms with van der Waals surface area (Å²) in [7, 11) is -3.97. The molecule has 0 radical (unpaired) electrons. The molecule has 34 heavy (non-hydrogen) atoms. The maximum Gasteiger partial charge on any atom is 0.271 e. The molecular weight excluding hydrogens is 460 g/mol. The largest absolute Gasteiger partial charge is 0.350 e. The molecule has 0 saturated carbocycles. The Morgan fingerprint density at radius 1 is 1.09 bits per heavy atom. The van der Waals surface area contributed by atoms with Gasteiger partial charge in [0.15, 0.2) is 0 Å². The summed E-state index contributed by atoms with van der Waals surface area (Å²) in [5.41, 5.74) is -0.101.